The highest BCUT2D eigenvalue weighted by Crippen LogP contribution is 2.27. The molecule has 0 aliphatic carbocycles. The fourth-order valence-electron chi connectivity index (χ4n) is 3.06. The van der Waals surface area contributed by atoms with E-state index in [9.17, 15) is 4.79 Å². The van der Waals surface area contributed by atoms with E-state index in [0.29, 0.717) is 12.2 Å². The molecule has 0 fully saturated rings. The highest BCUT2D eigenvalue weighted by Gasteiger charge is 2.08. The average Bonchev–Trinajstić information content (AvgIpc) is 3.30. The number of aryl methyl sites for hydroxylation is 1. The van der Waals surface area contributed by atoms with E-state index in [0.717, 1.165) is 33.4 Å². The van der Waals surface area contributed by atoms with Gasteiger partial charge in [-0.2, -0.15) is 5.10 Å². The van der Waals surface area contributed by atoms with Gasteiger partial charge in [-0.25, -0.2) is 10.4 Å². The number of rotatable bonds is 8. The quantitative estimate of drug-likeness (QED) is 0.251. The predicted molar refractivity (Wildman–Crippen MR) is 135 cm³/mol. The van der Waals surface area contributed by atoms with E-state index < -0.39 is 0 Å². The third-order valence-corrected chi connectivity index (χ3v) is 5.58. The summed E-state index contributed by atoms with van der Waals surface area (Å²) in [6.07, 6.45) is 1.60. The summed E-state index contributed by atoms with van der Waals surface area (Å²) >= 11 is 1.54. The van der Waals surface area contributed by atoms with E-state index in [2.05, 4.69) is 39.9 Å². The van der Waals surface area contributed by atoms with Gasteiger partial charge in [0, 0.05) is 22.2 Å². The Morgan fingerprint density at radius 2 is 1.76 bits per heavy atom. The molecular weight excluding hydrogens is 432 g/mol. The minimum absolute atomic E-state index is 0.274. The highest BCUT2D eigenvalue weighted by molar-refractivity contribution is 7.14. The number of amides is 1. The molecule has 0 atom stereocenters. The molecule has 6 nitrogen and oxygen atoms in total. The van der Waals surface area contributed by atoms with Crippen LogP contribution in [-0.4, -0.2) is 23.7 Å². The van der Waals surface area contributed by atoms with Crippen LogP contribution >= 0.6 is 11.3 Å². The molecule has 0 radical (unpaired) electrons. The van der Waals surface area contributed by atoms with Crippen LogP contribution in [0.1, 0.15) is 28.4 Å². The third kappa shape index (κ3) is 6.05. The Balaban J connectivity index is 1.34. The smallest absolute Gasteiger partial charge is 0.271 e. The Morgan fingerprint density at radius 3 is 2.45 bits per heavy atom. The SMILES string of the molecule is CCOc1ccc(/C=N\NC(=O)c2ccc(-c3csc(Nc4ccc(C)cc4)n3)cc2)cc1. The lowest BCUT2D eigenvalue weighted by Crippen LogP contribution is -2.17. The first-order valence-corrected chi connectivity index (χ1v) is 11.4. The molecular formula is C26H24N4O2S. The van der Waals surface area contributed by atoms with E-state index >= 15 is 0 Å². The maximum absolute atomic E-state index is 12.4. The van der Waals surface area contributed by atoms with Crippen molar-refractivity contribution in [3.05, 3.63) is 94.9 Å². The monoisotopic (exact) mass is 456 g/mol. The molecule has 1 amide bonds. The number of hydrogen-bond donors (Lipinski definition) is 2. The minimum atomic E-state index is -0.274. The molecule has 4 aromatic rings. The summed E-state index contributed by atoms with van der Waals surface area (Å²) in [5, 5.41) is 10.2. The van der Waals surface area contributed by atoms with Gasteiger partial charge < -0.3 is 10.1 Å². The topological polar surface area (TPSA) is 75.6 Å². The van der Waals surface area contributed by atoms with Gasteiger partial charge in [-0.15, -0.1) is 11.3 Å². The second-order valence-corrected chi connectivity index (χ2v) is 8.17. The van der Waals surface area contributed by atoms with Crippen molar-refractivity contribution in [2.75, 3.05) is 11.9 Å². The number of carbonyl (C=O) groups is 1. The number of aromatic nitrogens is 1. The van der Waals surface area contributed by atoms with Crippen molar-refractivity contribution in [2.24, 2.45) is 5.10 Å². The molecule has 0 unspecified atom stereocenters. The molecule has 166 valence electrons. The zero-order valence-corrected chi connectivity index (χ0v) is 19.2. The summed E-state index contributed by atoms with van der Waals surface area (Å²) < 4.78 is 5.41. The van der Waals surface area contributed by atoms with Gasteiger partial charge >= 0.3 is 0 Å². The van der Waals surface area contributed by atoms with Crippen molar-refractivity contribution >= 4 is 34.3 Å². The van der Waals surface area contributed by atoms with Crippen molar-refractivity contribution in [1.29, 1.82) is 0 Å². The van der Waals surface area contributed by atoms with Gasteiger partial charge in [0.05, 0.1) is 18.5 Å². The Hall–Kier alpha value is -3.97. The predicted octanol–water partition coefficient (Wildman–Crippen LogP) is 6.02. The number of anilines is 2. The van der Waals surface area contributed by atoms with Gasteiger partial charge in [-0.3, -0.25) is 4.79 Å². The Kier molecular flexibility index (Phi) is 7.12. The summed E-state index contributed by atoms with van der Waals surface area (Å²) in [6, 6.07) is 23.0. The normalized spacial score (nSPS) is 10.8. The van der Waals surface area contributed by atoms with Crippen molar-refractivity contribution in [2.45, 2.75) is 13.8 Å². The van der Waals surface area contributed by atoms with Crippen molar-refractivity contribution in [3.63, 3.8) is 0 Å². The molecule has 33 heavy (non-hydrogen) atoms. The van der Waals surface area contributed by atoms with Crippen LogP contribution in [0.3, 0.4) is 0 Å². The third-order valence-electron chi connectivity index (χ3n) is 4.82. The first-order chi connectivity index (χ1) is 16.1. The van der Waals surface area contributed by atoms with E-state index in [-0.39, 0.29) is 5.91 Å². The van der Waals surface area contributed by atoms with Gasteiger partial charge in [-0.05, 0) is 67.9 Å². The van der Waals surface area contributed by atoms with Crippen LogP contribution in [0.25, 0.3) is 11.3 Å². The fourth-order valence-corrected chi connectivity index (χ4v) is 3.80. The van der Waals surface area contributed by atoms with Crippen LogP contribution in [-0.2, 0) is 0 Å². The second kappa shape index (κ2) is 10.6. The molecule has 0 bridgehead atoms. The first-order valence-electron chi connectivity index (χ1n) is 10.6. The summed E-state index contributed by atoms with van der Waals surface area (Å²) in [5.41, 5.74) is 7.96. The molecule has 1 aromatic heterocycles. The number of benzene rings is 3. The molecule has 0 spiro atoms. The van der Waals surface area contributed by atoms with Crippen LogP contribution < -0.4 is 15.5 Å². The van der Waals surface area contributed by atoms with Crippen molar-refractivity contribution < 1.29 is 9.53 Å². The minimum Gasteiger partial charge on any atom is -0.494 e. The zero-order chi connectivity index (χ0) is 23.0. The number of thiazole rings is 1. The number of carbonyl (C=O) groups excluding carboxylic acids is 1. The van der Waals surface area contributed by atoms with Gasteiger partial charge in [-0.1, -0.05) is 29.8 Å². The van der Waals surface area contributed by atoms with Crippen molar-refractivity contribution in [1.82, 2.24) is 10.4 Å². The Labute approximate surface area is 197 Å². The molecule has 2 N–H and O–H groups in total. The molecule has 0 aliphatic rings. The highest BCUT2D eigenvalue weighted by atomic mass is 32.1. The van der Waals surface area contributed by atoms with Crippen molar-refractivity contribution in [3.8, 4) is 17.0 Å². The Morgan fingerprint density at radius 1 is 1.03 bits per heavy atom. The maximum atomic E-state index is 12.4. The lowest BCUT2D eigenvalue weighted by molar-refractivity contribution is 0.0955. The average molecular weight is 457 g/mol. The molecule has 0 aliphatic heterocycles. The largest absolute Gasteiger partial charge is 0.494 e. The second-order valence-electron chi connectivity index (χ2n) is 7.31. The van der Waals surface area contributed by atoms with Crippen LogP contribution in [0.4, 0.5) is 10.8 Å². The van der Waals surface area contributed by atoms with Crippen LogP contribution in [0.15, 0.2) is 83.3 Å². The van der Waals surface area contributed by atoms with Crippen LogP contribution in [0.2, 0.25) is 0 Å². The lowest BCUT2D eigenvalue weighted by Gasteiger charge is -2.03. The molecule has 4 rings (SSSR count). The van der Waals surface area contributed by atoms with E-state index in [1.165, 1.54) is 16.9 Å². The molecule has 1 heterocycles. The number of hydrogen-bond acceptors (Lipinski definition) is 6. The summed E-state index contributed by atoms with van der Waals surface area (Å²) in [5.74, 6) is 0.528. The molecule has 0 saturated carbocycles. The standard InChI is InChI=1S/C26H24N4O2S/c1-3-32-23-14-6-19(7-15-23)16-27-30-25(31)21-10-8-20(9-11-21)24-17-33-26(29-24)28-22-12-4-18(2)5-13-22/h4-17H,3H2,1-2H3,(H,28,29)(H,30,31)/b27-16-. The van der Waals surface area contributed by atoms with Crippen LogP contribution in [0, 0.1) is 6.92 Å². The number of nitrogens with zero attached hydrogens (tertiary/aromatic N) is 2. The Bertz CT molecular complexity index is 1230. The van der Waals surface area contributed by atoms with Gasteiger partial charge in [0.15, 0.2) is 5.13 Å². The number of nitrogens with one attached hydrogen (secondary N) is 2. The van der Waals surface area contributed by atoms with Gasteiger partial charge in [0.1, 0.15) is 5.75 Å². The van der Waals surface area contributed by atoms with E-state index in [1.807, 2.05) is 60.8 Å². The van der Waals surface area contributed by atoms with Gasteiger partial charge in [0.2, 0.25) is 0 Å². The maximum Gasteiger partial charge on any atom is 0.271 e. The number of ether oxygens (including phenoxy) is 1. The van der Waals surface area contributed by atoms with Gasteiger partial charge in [0.25, 0.3) is 5.91 Å². The first kappa shape index (κ1) is 22.2. The summed E-state index contributed by atoms with van der Waals surface area (Å²) in [4.78, 5) is 17.0. The lowest BCUT2D eigenvalue weighted by atomic mass is 10.1. The molecule has 0 saturated heterocycles. The van der Waals surface area contributed by atoms with E-state index in [1.54, 1.807) is 18.3 Å². The van der Waals surface area contributed by atoms with Crippen LogP contribution in [0.5, 0.6) is 5.75 Å². The fraction of sp³-hybridized carbons (Fsp3) is 0.115. The van der Waals surface area contributed by atoms with E-state index in [4.69, 9.17) is 4.74 Å². The molecule has 3 aromatic carbocycles. The number of hydrazone groups is 1. The summed E-state index contributed by atoms with van der Waals surface area (Å²) in [6.45, 7) is 4.62. The molecule has 7 heteroatoms. The zero-order valence-electron chi connectivity index (χ0n) is 18.4. The summed E-state index contributed by atoms with van der Waals surface area (Å²) in [7, 11) is 0.